The minimum atomic E-state index is -0.559. The fraction of sp³-hybridized carbons (Fsp3) is 0.450. The zero-order valence-corrected chi connectivity index (χ0v) is 16.5. The second-order valence-corrected chi connectivity index (χ2v) is 7.90. The first-order valence-corrected chi connectivity index (χ1v) is 9.07. The van der Waals surface area contributed by atoms with Crippen LogP contribution in [0.15, 0.2) is 18.2 Å². The first kappa shape index (κ1) is 18.9. The molecule has 0 unspecified atom stereocenters. The molecule has 1 aromatic carbocycles. The first-order valence-electron chi connectivity index (χ1n) is 9.07. The predicted molar refractivity (Wildman–Crippen MR) is 103 cm³/mol. The summed E-state index contributed by atoms with van der Waals surface area (Å²) in [7, 11) is 0. The number of ether oxygens (including phenoxy) is 1. The summed E-state index contributed by atoms with van der Waals surface area (Å²) < 4.78 is 5.45. The largest absolute Gasteiger partial charge is 0.444 e. The Hall–Kier alpha value is -2.83. The summed E-state index contributed by atoms with van der Waals surface area (Å²) in [5.74, 6) is -0.282. The van der Waals surface area contributed by atoms with Gasteiger partial charge in [-0.1, -0.05) is 18.2 Å². The number of carbonyl (C=O) groups excluding carboxylic acids is 2. The van der Waals surface area contributed by atoms with Gasteiger partial charge in [-0.05, 0) is 45.7 Å². The molecule has 0 bridgehead atoms. The predicted octanol–water partition coefficient (Wildman–Crippen LogP) is 3.57. The van der Waals surface area contributed by atoms with Gasteiger partial charge in [0.2, 0.25) is 0 Å². The molecule has 144 valence electrons. The summed E-state index contributed by atoms with van der Waals surface area (Å²) in [4.78, 5) is 26.8. The van der Waals surface area contributed by atoms with Gasteiger partial charge >= 0.3 is 6.09 Å². The average molecular weight is 370 g/mol. The molecule has 0 spiro atoms. The van der Waals surface area contributed by atoms with Gasteiger partial charge in [0.05, 0.1) is 6.54 Å². The van der Waals surface area contributed by atoms with E-state index in [0.29, 0.717) is 25.2 Å². The summed E-state index contributed by atoms with van der Waals surface area (Å²) >= 11 is 0. The van der Waals surface area contributed by atoms with E-state index in [1.165, 1.54) is 0 Å². The van der Waals surface area contributed by atoms with Crippen molar-refractivity contribution in [3.63, 3.8) is 0 Å². The Bertz CT molecular complexity index is 860. The zero-order chi connectivity index (χ0) is 19.8. The van der Waals surface area contributed by atoms with Gasteiger partial charge in [0.25, 0.3) is 5.91 Å². The van der Waals surface area contributed by atoms with Crippen molar-refractivity contribution in [1.29, 1.82) is 0 Å². The Kier molecular flexibility index (Phi) is 4.95. The van der Waals surface area contributed by atoms with Gasteiger partial charge in [-0.3, -0.25) is 9.89 Å². The minimum absolute atomic E-state index is 0.282. The molecular formula is C20H26N4O3. The van der Waals surface area contributed by atoms with Gasteiger partial charge < -0.3 is 15.0 Å². The molecule has 0 radical (unpaired) electrons. The lowest BCUT2D eigenvalue weighted by atomic mass is 10.0. The highest BCUT2D eigenvalue weighted by Crippen LogP contribution is 2.25. The number of nitrogens with zero attached hydrogens (tertiary/aromatic N) is 2. The molecule has 7 heteroatoms. The van der Waals surface area contributed by atoms with Crippen molar-refractivity contribution >= 4 is 17.7 Å². The van der Waals surface area contributed by atoms with Gasteiger partial charge in [0.1, 0.15) is 5.60 Å². The van der Waals surface area contributed by atoms with Gasteiger partial charge in [-0.15, -0.1) is 0 Å². The van der Waals surface area contributed by atoms with E-state index < -0.39 is 5.60 Å². The lowest BCUT2D eigenvalue weighted by Crippen LogP contribution is -2.40. The third kappa shape index (κ3) is 4.13. The van der Waals surface area contributed by atoms with Crippen LogP contribution in [-0.2, 0) is 17.7 Å². The van der Waals surface area contributed by atoms with Crippen LogP contribution < -0.4 is 5.32 Å². The summed E-state index contributed by atoms with van der Waals surface area (Å²) in [6.45, 7) is 10.2. The molecule has 0 aliphatic carbocycles. The second-order valence-electron chi connectivity index (χ2n) is 7.90. The molecule has 0 saturated carbocycles. The van der Waals surface area contributed by atoms with Gasteiger partial charge in [0.15, 0.2) is 5.69 Å². The summed E-state index contributed by atoms with van der Waals surface area (Å²) in [6, 6.07) is 5.86. The third-order valence-corrected chi connectivity index (χ3v) is 4.52. The van der Waals surface area contributed by atoms with Crippen LogP contribution in [0, 0.1) is 13.8 Å². The molecule has 1 aliphatic rings. The van der Waals surface area contributed by atoms with E-state index in [1.54, 1.807) is 4.90 Å². The number of H-pyrrole nitrogens is 1. The van der Waals surface area contributed by atoms with Crippen molar-refractivity contribution in [2.24, 2.45) is 0 Å². The Morgan fingerprint density at radius 3 is 2.52 bits per heavy atom. The number of amides is 2. The van der Waals surface area contributed by atoms with Crippen molar-refractivity contribution in [2.75, 3.05) is 11.9 Å². The average Bonchev–Trinajstić information content (AvgIpc) is 3.00. The molecular weight excluding hydrogens is 344 g/mol. The van der Waals surface area contributed by atoms with Crippen molar-refractivity contribution < 1.29 is 14.3 Å². The lowest BCUT2D eigenvalue weighted by molar-refractivity contribution is 0.0222. The molecule has 3 rings (SSSR count). The molecule has 0 fully saturated rings. The van der Waals surface area contributed by atoms with Crippen LogP contribution in [0.2, 0.25) is 0 Å². The number of benzene rings is 1. The van der Waals surface area contributed by atoms with Crippen LogP contribution in [0.5, 0.6) is 0 Å². The van der Waals surface area contributed by atoms with Crippen molar-refractivity contribution in [3.8, 4) is 0 Å². The van der Waals surface area contributed by atoms with E-state index in [2.05, 4.69) is 15.5 Å². The van der Waals surface area contributed by atoms with E-state index in [1.807, 2.05) is 52.8 Å². The third-order valence-electron chi connectivity index (χ3n) is 4.52. The number of fused-ring (bicyclic) bond motifs is 1. The maximum Gasteiger partial charge on any atom is 0.410 e. The fourth-order valence-electron chi connectivity index (χ4n) is 3.15. The van der Waals surface area contributed by atoms with Gasteiger partial charge in [0, 0.05) is 29.9 Å². The second kappa shape index (κ2) is 7.06. The molecule has 27 heavy (non-hydrogen) atoms. The summed E-state index contributed by atoms with van der Waals surface area (Å²) in [6.07, 6.45) is 0.230. The van der Waals surface area contributed by atoms with E-state index in [0.717, 1.165) is 28.1 Å². The standard InChI is InChI=1S/C20H26N4O3/c1-12-7-6-8-13(2)16(12)21-18(25)17-14-11-24(10-9-15(14)22-23-17)19(26)27-20(3,4)5/h6-8H,9-11H2,1-5H3,(H,21,25)(H,22,23). The number of para-hydroxylation sites is 1. The molecule has 2 N–H and O–H groups in total. The number of nitrogens with one attached hydrogen (secondary N) is 2. The molecule has 0 atom stereocenters. The van der Waals surface area contributed by atoms with E-state index in [-0.39, 0.29) is 12.0 Å². The SMILES string of the molecule is Cc1cccc(C)c1NC(=O)c1n[nH]c2c1CN(C(=O)OC(C)(C)C)CC2. The highest BCUT2D eigenvalue weighted by Gasteiger charge is 2.30. The maximum atomic E-state index is 12.8. The number of rotatable bonds is 2. The van der Waals surface area contributed by atoms with E-state index in [9.17, 15) is 9.59 Å². The Balaban J connectivity index is 1.80. The van der Waals surface area contributed by atoms with Crippen LogP contribution in [0.1, 0.15) is 53.6 Å². The quantitative estimate of drug-likeness (QED) is 0.846. The molecule has 0 saturated heterocycles. The molecule has 2 heterocycles. The van der Waals surface area contributed by atoms with Crippen molar-refractivity contribution in [1.82, 2.24) is 15.1 Å². The van der Waals surface area contributed by atoms with Crippen LogP contribution in [-0.4, -0.2) is 39.2 Å². The van der Waals surface area contributed by atoms with Crippen molar-refractivity contribution in [3.05, 3.63) is 46.3 Å². The highest BCUT2D eigenvalue weighted by atomic mass is 16.6. The zero-order valence-electron chi connectivity index (χ0n) is 16.5. The van der Waals surface area contributed by atoms with E-state index in [4.69, 9.17) is 4.74 Å². The minimum Gasteiger partial charge on any atom is -0.444 e. The maximum absolute atomic E-state index is 12.8. The number of anilines is 1. The monoisotopic (exact) mass is 370 g/mol. The molecule has 7 nitrogen and oxygen atoms in total. The Morgan fingerprint density at radius 2 is 1.89 bits per heavy atom. The lowest BCUT2D eigenvalue weighted by Gasteiger charge is -2.30. The van der Waals surface area contributed by atoms with Crippen LogP contribution in [0.3, 0.4) is 0 Å². The van der Waals surface area contributed by atoms with Gasteiger partial charge in [-0.2, -0.15) is 5.10 Å². The highest BCUT2D eigenvalue weighted by molar-refractivity contribution is 6.04. The van der Waals surface area contributed by atoms with Crippen LogP contribution in [0.25, 0.3) is 0 Å². The number of hydrogen-bond donors (Lipinski definition) is 2. The number of carbonyl (C=O) groups is 2. The van der Waals surface area contributed by atoms with Crippen LogP contribution >= 0.6 is 0 Å². The van der Waals surface area contributed by atoms with Gasteiger partial charge in [-0.25, -0.2) is 4.79 Å². The fourth-order valence-corrected chi connectivity index (χ4v) is 3.15. The number of aromatic amines is 1. The van der Waals surface area contributed by atoms with E-state index >= 15 is 0 Å². The molecule has 1 aliphatic heterocycles. The summed E-state index contributed by atoms with van der Waals surface area (Å²) in [5.41, 5.74) is 4.17. The molecule has 1 aromatic heterocycles. The number of hydrogen-bond acceptors (Lipinski definition) is 4. The first-order chi connectivity index (χ1) is 12.7. The Morgan fingerprint density at radius 1 is 1.22 bits per heavy atom. The normalized spacial score (nSPS) is 13.9. The smallest absolute Gasteiger partial charge is 0.410 e. The topological polar surface area (TPSA) is 87.3 Å². The van der Waals surface area contributed by atoms with Crippen LogP contribution in [0.4, 0.5) is 10.5 Å². The Labute approximate surface area is 159 Å². The van der Waals surface area contributed by atoms with Crippen molar-refractivity contribution in [2.45, 2.75) is 53.2 Å². The molecule has 2 aromatic rings. The number of aryl methyl sites for hydroxylation is 2. The molecule has 2 amide bonds. The summed E-state index contributed by atoms with van der Waals surface area (Å²) in [5, 5.41) is 10.1. The number of aromatic nitrogens is 2.